The highest BCUT2D eigenvalue weighted by Crippen LogP contribution is 2.32. The summed E-state index contributed by atoms with van der Waals surface area (Å²) in [4.78, 5) is 1.06. The van der Waals surface area contributed by atoms with Crippen LogP contribution in [0, 0.1) is 0 Å². The quantitative estimate of drug-likeness (QED) is 0.644. The van der Waals surface area contributed by atoms with E-state index >= 15 is 0 Å². The van der Waals surface area contributed by atoms with Gasteiger partial charge in [-0.3, -0.25) is 5.84 Å². The van der Waals surface area contributed by atoms with Gasteiger partial charge < -0.3 is 0 Å². The lowest BCUT2D eigenvalue weighted by atomic mass is 10.0. The molecule has 1 unspecified atom stereocenters. The van der Waals surface area contributed by atoms with Crippen LogP contribution in [-0.2, 0) is 6.42 Å². The fraction of sp³-hybridized carbons (Fsp3) is 0.286. The average molecular weight is 281 g/mol. The van der Waals surface area contributed by atoms with Gasteiger partial charge in [0.2, 0.25) is 0 Å². The van der Waals surface area contributed by atoms with Crippen molar-refractivity contribution in [2.75, 3.05) is 0 Å². The number of hydrogen-bond donors (Lipinski definition) is 2. The summed E-state index contributed by atoms with van der Waals surface area (Å²) in [5.41, 5.74) is 5.35. The van der Waals surface area contributed by atoms with Crippen molar-refractivity contribution in [3.05, 3.63) is 56.7 Å². The topological polar surface area (TPSA) is 38.0 Å². The molecule has 1 aromatic heterocycles. The van der Waals surface area contributed by atoms with Crippen LogP contribution >= 0.6 is 22.9 Å². The lowest BCUT2D eigenvalue weighted by molar-refractivity contribution is 0.645. The number of hydrazine groups is 1. The van der Waals surface area contributed by atoms with E-state index in [-0.39, 0.29) is 6.04 Å². The van der Waals surface area contributed by atoms with E-state index in [9.17, 15) is 0 Å². The first-order chi connectivity index (χ1) is 8.76. The molecule has 2 aromatic rings. The molecule has 0 aliphatic carbocycles. The van der Waals surface area contributed by atoms with Gasteiger partial charge in [0.1, 0.15) is 0 Å². The molecule has 0 spiro atoms. The molecule has 96 valence electrons. The van der Waals surface area contributed by atoms with Crippen molar-refractivity contribution < 1.29 is 0 Å². The zero-order valence-corrected chi connectivity index (χ0v) is 11.9. The molecule has 2 rings (SSSR count). The Bertz CT molecular complexity index is 510. The van der Waals surface area contributed by atoms with Crippen LogP contribution in [0.15, 0.2) is 35.7 Å². The Morgan fingerprint density at radius 1 is 1.39 bits per heavy atom. The summed E-state index contributed by atoms with van der Waals surface area (Å²) in [6, 6.07) is 10.4. The molecule has 1 aromatic carbocycles. The van der Waals surface area contributed by atoms with Crippen LogP contribution in [0.3, 0.4) is 0 Å². The minimum Gasteiger partial charge on any atom is -0.271 e. The van der Waals surface area contributed by atoms with Crippen LogP contribution in [0.25, 0.3) is 0 Å². The number of halogens is 1. The first-order valence-corrected chi connectivity index (χ1v) is 7.30. The Hall–Kier alpha value is -0.870. The molecule has 0 aliphatic rings. The van der Waals surface area contributed by atoms with E-state index in [1.54, 1.807) is 11.3 Å². The number of nitrogens with two attached hydrogens (primary N) is 1. The minimum atomic E-state index is -0.0330. The van der Waals surface area contributed by atoms with Crippen molar-refractivity contribution in [2.24, 2.45) is 5.84 Å². The molecule has 0 aliphatic heterocycles. The van der Waals surface area contributed by atoms with Gasteiger partial charge in [-0.05, 0) is 29.0 Å². The van der Waals surface area contributed by atoms with E-state index in [1.807, 2.05) is 11.4 Å². The predicted molar refractivity (Wildman–Crippen MR) is 78.9 cm³/mol. The Morgan fingerprint density at radius 3 is 2.83 bits per heavy atom. The molecule has 0 radical (unpaired) electrons. The second kappa shape index (κ2) is 6.34. The number of thiophene rings is 1. The number of aryl methyl sites for hydroxylation is 1. The number of hydrogen-bond acceptors (Lipinski definition) is 3. The highest BCUT2D eigenvalue weighted by molar-refractivity contribution is 7.10. The van der Waals surface area contributed by atoms with E-state index in [0.717, 1.165) is 28.3 Å². The van der Waals surface area contributed by atoms with Gasteiger partial charge in [-0.1, -0.05) is 49.2 Å². The summed E-state index contributed by atoms with van der Waals surface area (Å²) in [5, 5.41) is 2.75. The van der Waals surface area contributed by atoms with Crippen LogP contribution < -0.4 is 11.3 Å². The minimum absolute atomic E-state index is 0.0330. The number of nitrogens with one attached hydrogen (secondary N) is 1. The third-order valence-electron chi connectivity index (χ3n) is 2.90. The van der Waals surface area contributed by atoms with Gasteiger partial charge in [0.05, 0.1) is 11.1 Å². The van der Waals surface area contributed by atoms with Gasteiger partial charge in [-0.2, -0.15) is 0 Å². The van der Waals surface area contributed by atoms with Crippen molar-refractivity contribution >= 4 is 22.9 Å². The molecule has 0 fully saturated rings. The fourth-order valence-corrected chi connectivity index (χ4v) is 3.30. The normalized spacial score (nSPS) is 12.6. The molecule has 18 heavy (non-hydrogen) atoms. The molecule has 2 nitrogen and oxygen atoms in total. The van der Waals surface area contributed by atoms with Crippen molar-refractivity contribution in [1.29, 1.82) is 0 Å². The second-order valence-electron chi connectivity index (χ2n) is 4.23. The van der Waals surface area contributed by atoms with Crippen molar-refractivity contribution in [3.8, 4) is 0 Å². The molecule has 4 heteroatoms. The van der Waals surface area contributed by atoms with Gasteiger partial charge in [0.15, 0.2) is 0 Å². The lowest BCUT2D eigenvalue weighted by Gasteiger charge is -2.16. The van der Waals surface area contributed by atoms with Crippen molar-refractivity contribution in [2.45, 2.75) is 25.8 Å². The third kappa shape index (κ3) is 2.93. The maximum Gasteiger partial charge on any atom is 0.0817 e. The average Bonchev–Trinajstić information content (AvgIpc) is 2.78. The number of benzene rings is 1. The maximum absolute atomic E-state index is 6.18. The fourth-order valence-electron chi connectivity index (χ4n) is 2.05. The molecule has 0 saturated heterocycles. The molecular formula is C14H17ClN2S. The molecule has 1 atom stereocenters. The van der Waals surface area contributed by atoms with E-state index in [0.29, 0.717) is 0 Å². The van der Waals surface area contributed by atoms with Gasteiger partial charge in [0.25, 0.3) is 0 Å². The molecular weight excluding hydrogens is 264 g/mol. The van der Waals surface area contributed by atoms with Gasteiger partial charge in [-0.25, -0.2) is 5.43 Å². The summed E-state index contributed by atoms with van der Waals surface area (Å²) in [6.07, 6.45) is 2.23. The van der Waals surface area contributed by atoms with E-state index in [1.165, 1.54) is 5.56 Å². The highest BCUT2D eigenvalue weighted by Gasteiger charge is 2.17. The highest BCUT2D eigenvalue weighted by atomic mass is 35.5. The monoisotopic (exact) mass is 280 g/mol. The maximum atomic E-state index is 6.18. The zero-order valence-electron chi connectivity index (χ0n) is 10.3. The first-order valence-electron chi connectivity index (χ1n) is 6.04. The van der Waals surface area contributed by atoms with Crippen molar-refractivity contribution in [1.82, 2.24) is 5.43 Å². The van der Waals surface area contributed by atoms with E-state index in [2.05, 4.69) is 36.6 Å². The van der Waals surface area contributed by atoms with Gasteiger partial charge in [0, 0.05) is 4.88 Å². The van der Waals surface area contributed by atoms with Gasteiger partial charge >= 0.3 is 0 Å². The largest absolute Gasteiger partial charge is 0.271 e. The Morgan fingerprint density at radius 2 is 2.22 bits per heavy atom. The molecule has 0 saturated carbocycles. The molecule has 0 amide bonds. The van der Waals surface area contributed by atoms with Crippen LogP contribution in [0.2, 0.25) is 5.02 Å². The summed E-state index contributed by atoms with van der Waals surface area (Å²) in [7, 11) is 0. The van der Waals surface area contributed by atoms with Crippen LogP contribution in [0.1, 0.15) is 35.4 Å². The van der Waals surface area contributed by atoms with E-state index < -0.39 is 0 Å². The lowest BCUT2D eigenvalue weighted by Crippen LogP contribution is -2.28. The molecule has 0 bridgehead atoms. The van der Waals surface area contributed by atoms with E-state index in [4.69, 9.17) is 17.4 Å². The van der Waals surface area contributed by atoms with Crippen molar-refractivity contribution in [3.63, 3.8) is 0 Å². The Kier molecular flexibility index (Phi) is 4.78. The smallest absolute Gasteiger partial charge is 0.0817 e. The molecule has 3 N–H and O–H groups in total. The number of rotatable bonds is 5. The summed E-state index contributed by atoms with van der Waals surface area (Å²) in [6.45, 7) is 2.18. The van der Waals surface area contributed by atoms with Gasteiger partial charge in [-0.15, -0.1) is 11.3 Å². The SMILES string of the molecule is CCCc1cccc(C(NN)c2sccc2Cl)c1. The Labute approximate surface area is 117 Å². The summed E-state index contributed by atoms with van der Waals surface area (Å²) >= 11 is 7.80. The molecule has 1 heterocycles. The van der Waals surface area contributed by atoms with Crippen LogP contribution in [0.4, 0.5) is 0 Å². The van der Waals surface area contributed by atoms with Crippen LogP contribution in [-0.4, -0.2) is 0 Å². The summed E-state index contributed by atoms with van der Waals surface area (Å²) in [5.74, 6) is 5.69. The zero-order chi connectivity index (χ0) is 13.0. The first kappa shape index (κ1) is 13.6. The summed E-state index contributed by atoms with van der Waals surface area (Å²) < 4.78 is 0. The third-order valence-corrected chi connectivity index (χ3v) is 4.32. The predicted octanol–water partition coefficient (Wildman–Crippen LogP) is 3.91. The Balaban J connectivity index is 2.33. The van der Waals surface area contributed by atoms with Crippen LogP contribution in [0.5, 0.6) is 0 Å². The standard InChI is InChI=1S/C14H17ClN2S/c1-2-4-10-5-3-6-11(9-10)13(17-16)14-12(15)7-8-18-14/h3,5-9,13,17H,2,4,16H2,1H3. The second-order valence-corrected chi connectivity index (χ2v) is 5.58.